The second-order valence-electron chi connectivity index (χ2n) is 32.3. The van der Waals surface area contributed by atoms with E-state index < -0.39 is 11.6 Å². The third-order valence-electron chi connectivity index (χ3n) is 20.6. The molecule has 7 N–H and O–H groups in total. The van der Waals surface area contributed by atoms with Gasteiger partial charge in [0, 0.05) is 100 Å². The number of carbonyl (C=O) groups is 2. The van der Waals surface area contributed by atoms with Crippen molar-refractivity contribution >= 4 is 78.8 Å². The number of aromatic amines is 2. The second-order valence-corrected chi connectivity index (χ2v) is 32.3. The first-order valence-electron chi connectivity index (χ1n) is 48.2. The van der Waals surface area contributed by atoms with Crippen molar-refractivity contribution in [3.63, 3.8) is 0 Å². The van der Waals surface area contributed by atoms with Crippen LogP contribution in [0.1, 0.15) is 84.8 Å². The number of carboxylic acids is 1. The average Bonchev–Trinajstić information content (AvgIpc) is 1.58. The number of esters is 1. The summed E-state index contributed by atoms with van der Waals surface area (Å²) in [5.74, 6) is 1.80. The van der Waals surface area contributed by atoms with Gasteiger partial charge >= 0.3 is 11.9 Å². The van der Waals surface area contributed by atoms with Gasteiger partial charge in [-0.3, -0.25) is 19.4 Å². The number of nitrogen functional groups attached to an aromatic ring is 2. The Kier molecular flexibility index (Phi) is 64.2. The number of nitrogens with two attached hydrogens (primary N) is 2. The highest BCUT2D eigenvalue weighted by molar-refractivity contribution is 6.08. The van der Waals surface area contributed by atoms with Crippen LogP contribution in [0, 0.1) is 0 Å². The summed E-state index contributed by atoms with van der Waals surface area (Å²) < 4.78 is 138. The van der Waals surface area contributed by atoms with Crippen LogP contribution in [0.2, 0.25) is 0 Å². The molecule has 4 aromatic heterocycles. The van der Waals surface area contributed by atoms with Gasteiger partial charge in [0.25, 0.3) is 0 Å². The predicted molar refractivity (Wildman–Crippen MR) is 509 cm³/mol. The van der Waals surface area contributed by atoms with Crippen molar-refractivity contribution in [1.82, 2.24) is 39.7 Å². The molecule has 8 rings (SSSR count). The van der Waals surface area contributed by atoms with Crippen molar-refractivity contribution < 1.29 is 133 Å². The van der Waals surface area contributed by atoms with E-state index in [4.69, 9.17) is 145 Å². The van der Waals surface area contributed by atoms with Gasteiger partial charge < -0.3 is 155 Å². The van der Waals surface area contributed by atoms with Gasteiger partial charge in [0.15, 0.2) is 0 Å². The summed E-state index contributed by atoms with van der Waals surface area (Å²) in [6.07, 6.45) is 6.45. The smallest absolute Gasteiger partial charge is 0.308 e. The maximum absolute atomic E-state index is 11.6. The number of aliphatic carboxylic acids is 1. The lowest BCUT2D eigenvalue weighted by Crippen LogP contribution is -2.47. The molecule has 2 aliphatic rings. The van der Waals surface area contributed by atoms with E-state index in [-0.39, 0.29) is 25.4 Å². The zero-order chi connectivity index (χ0) is 94.9. The molecule has 0 aliphatic carbocycles. The van der Waals surface area contributed by atoms with Gasteiger partial charge in [0.1, 0.15) is 51.0 Å². The van der Waals surface area contributed by atoms with Crippen LogP contribution < -0.4 is 21.3 Å². The Morgan fingerprint density at radius 3 is 0.791 bits per heavy atom. The van der Waals surface area contributed by atoms with Crippen molar-refractivity contribution in [3.05, 3.63) is 48.0 Å². The first kappa shape index (κ1) is 114. The molecule has 40 nitrogen and oxygen atoms in total. The molecule has 2 saturated heterocycles. The molecule has 2 aliphatic heterocycles. The number of hydrogen-bond donors (Lipinski definition) is 5. The minimum Gasteiger partial charge on any atom is -0.481 e. The monoisotopic (exact) mass is 1910 g/mol. The van der Waals surface area contributed by atoms with Crippen LogP contribution in [0.25, 0.3) is 43.9 Å². The van der Waals surface area contributed by atoms with E-state index in [9.17, 15) is 9.59 Å². The third-order valence-corrected chi connectivity index (χ3v) is 20.6. The number of piperazine rings is 2. The number of aryl methyl sites for hydroxylation is 2. The number of aromatic nitrogens is 6. The van der Waals surface area contributed by atoms with E-state index >= 15 is 0 Å². The molecular weight excluding hydrogens is 1750 g/mol. The van der Waals surface area contributed by atoms with E-state index in [1.54, 1.807) is 0 Å². The van der Waals surface area contributed by atoms with Gasteiger partial charge in [0.05, 0.1) is 341 Å². The van der Waals surface area contributed by atoms with Crippen LogP contribution in [0.5, 0.6) is 0 Å². The molecule has 40 heteroatoms. The molecule has 0 unspecified atom stereocenters. The maximum Gasteiger partial charge on any atom is 0.308 e. The summed E-state index contributed by atoms with van der Waals surface area (Å²) in [5.41, 5.74) is 19.7. The molecule has 0 bridgehead atoms. The van der Waals surface area contributed by atoms with Crippen LogP contribution in [0.4, 0.5) is 23.0 Å². The van der Waals surface area contributed by atoms with Crippen LogP contribution in [0.3, 0.4) is 0 Å². The SMILES string of the molecule is CCCCc1nc2c([nH]1)c(N)nc1ccc(N3CCN(CCOCCOCCOCCOCCOCCOCCOCCOCCOCCOCCOCCOCCC(=O)O)CC3)cc12.CCCCc1nc2c([nH]1)c(N)nc1ccc(N3CCN(CCOCCOCCOCCOCCOCCOCCOCCOCCOCCOCCOCCOCCC(=O)OC(C)(C)C)CC3)cc12. The molecule has 2 aromatic carbocycles. The first-order chi connectivity index (χ1) is 65.8. The number of fused-ring (bicyclic) bond motifs is 6. The largest absolute Gasteiger partial charge is 0.481 e. The summed E-state index contributed by atoms with van der Waals surface area (Å²) in [7, 11) is 0. The van der Waals surface area contributed by atoms with E-state index in [1.165, 1.54) is 11.4 Å². The number of nitrogens with one attached hydrogen (secondary N) is 2. The highest BCUT2D eigenvalue weighted by Gasteiger charge is 2.23. The lowest BCUT2D eigenvalue weighted by molar-refractivity contribution is -0.156. The topological polar surface area (TPSA) is 433 Å². The molecule has 0 spiro atoms. The lowest BCUT2D eigenvalue weighted by atomic mass is 10.1. The molecule has 6 heterocycles. The number of nitrogens with zero attached hydrogens (tertiary/aromatic N) is 8. The minimum atomic E-state index is -0.876. The Bertz CT molecular complexity index is 3900. The standard InChI is InChI=1S/C49H84N6O14.C45H76N6O14/c1-5-6-7-44-52-46-42-40-41(8-9-43(42)51-48(50)47(46)53-44)55-13-11-54(12-14-55)15-17-58-19-21-60-23-25-62-27-29-64-31-33-66-35-37-68-39-38-67-36-34-65-32-30-63-28-26-61-24-22-59-20-18-57-16-10-45(56)69-49(2,3)4;1-2-3-4-41-48-43-39-37-38(5-6-40(39)47-45(46)44(43)49-41)51-10-8-50(9-11-51)12-14-55-16-18-57-20-22-59-24-26-61-28-30-63-32-34-65-36-35-64-33-31-62-29-27-60-25-23-58-21-19-56-17-15-54-13-7-42(52)53/h8-9,40H,5-7,10-39H2,1-4H3,(H2,50,51)(H,52,53);5-6,37H,2-4,7-36H2,1H3,(H2,46,47)(H,48,49)(H,52,53). The molecule has 2 fully saturated rings. The van der Waals surface area contributed by atoms with E-state index in [1.807, 2.05) is 20.8 Å². The fourth-order valence-electron chi connectivity index (χ4n) is 13.5. The molecule has 6 aromatic rings. The number of unbranched alkanes of at least 4 members (excludes halogenated alkanes) is 2. The normalized spacial score (nSPS) is 13.6. The fourth-order valence-corrected chi connectivity index (χ4v) is 13.5. The maximum atomic E-state index is 11.6. The van der Waals surface area contributed by atoms with E-state index in [0.717, 1.165) is 159 Å². The molecular formula is C94H160N12O28. The Balaban J connectivity index is 0.000000366. The number of benzene rings is 2. The molecule has 0 saturated carbocycles. The number of pyridine rings is 2. The number of anilines is 4. The van der Waals surface area contributed by atoms with E-state index in [2.05, 4.69) is 89.8 Å². The average molecular weight is 1910 g/mol. The summed E-state index contributed by atoms with van der Waals surface area (Å²) >= 11 is 0. The van der Waals surface area contributed by atoms with Gasteiger partial charge in [-0.05, 0) is 70.0 Å². The van der Waals surface area contributed by atoms with Gasteiger partial charge in [-0.15, -0.1) is 0 Å². The zero-order valence-electron chi connectivity index (χ0n) is 80.8. The summed E-state index contributed by atoms with van der Waals surface area (Å²) in [6, 6.07) is 12.8. The zero-order valence-corrected chi connectivity index (χ0v) is 80.8. The molecule has 0 amide bonds. The molecule has 764 valence electrons. The summed E-state index contributed by atoms with van der Waals surface area (Å²) in [5, 5.41) is 10.6. The van der Waals surface area contributed by atoms with Crippen molar-refractivity contribution in [1.29, 1.82) is 0 Å². The number of hydrogen-bond acceptors (Lipinski definition) is 37. The highest BCUT2D eigenvalue weighted by Crippen LogP contribution is 2.33. The number of carbonyl (C=O) groups excluding carboxylic acids is 1. The third kappa shape index (κ3) is 53.5. The van der Waals surface area contributed by atoms with Crippen LogP contribution in [-0.4, -0.2) is 445 Å². The van der Waals surface area contributed by atoms with E-state index in [0.29, 0.717) is 322 Å². The Hall–Kier alpha value is -6.70. The van der Waals surface area contributed by atoms with Crippen LogP contribution in [0.15, 0.2) is 36.4 Å². The quantitative estimate of drug-likeness (QED) is 0.0191. The van der Waals surface area contributed by atoms with Crippen LogP contribution in [-0.2, 0) is 141 Å². The van der Waals surface area contributed by atoms with Crippen molar-refractivity contribution in [3.8, 4) is 0 Å². The molecule has 0 atom stereocenters. The van der Waals surface area contributed by atoms with Gasteiger partial charge in [-0.25, -0.2) is 19.9 Å². The van der Waals surface area contributed by atoms with Gasteiger partial charge in [-0.2, -0.15) is 0 Å². The van der Waals surface area contributed by atoms with Crippen molar-refractivity contribution in [2.24, 2.45) is 0 Å². The Morgan fingerprint density at radius 2 is 0.560 bits per heavy atom. The highest BCUT2D eigenvalue weighted by atomic mass is 16.6. The first-order valence-corrected chi connectivity index (χ1v) is 48.2. The van der Waals surface area contributed by atoms with Crippen molar-refractivity contribution in [2.45, 2.75) is 91.6 Å². The Morgan fingerprint density at radius 1 is 0.328 bits per heavy atom. The summed E-state index contributed by atoms with van der Waals surface area (Å²) in [4.78, 5) is 57.6. The van der Waals surface area contributed by atoms with Gasteiger partial charge in [-0.1, -0.05) is 26.7 Å². The minimum absolute atomic E-state index is 0.00549. The fraction of sp³-hybridized carbons (Fsp3) is 0.766. The number of rotatable bonds is 86. The number of carboxylic acid groups (broad SMARTS) is 1. The van der Waals surface area contributed by atoms with Crippen molar-refractivity contribution in [2.75, 3.05) is 404 Å². The number of imidazole rings is 2. The molecule has 0 radical (unpaired) electrons. The number of H-pyrrole nitrogens is 2. The molecule has 134 heavy (non-hydrogen) atoms. The summed E-state index contributed by atoms with van der Waals surface area (Å²) in [6.45, 7) is 42.7. The van der Waals surface area contributed by atoms with Gasteiger partial charge in [0.2, 0.25) is 0 Å². The lowest BCUT2D eigenvalue weighted by Gasteiger charge is -2.36. The number of ether oxygens (including phenoxy) is 25. The second kappa shape index (κ2) is 75.3. The van der Waals surface area contributed by atoms with Crippen LogP contribution >= 0.6 is 0 Å². The Labute approximate surface area is 791 Å². The predicted octanol–water partition coefficient (Wildman–Crippen LogP) is 6.92.